The maximum Gasteiger partial charge on any atom is 0.255 e. The monoisotopic (exact) mass is 273 g/mol. The quantitative estimate of drug-likeness (QED) is 0.870. The van der Waals surface area contributed by atoms with Gasteiger partial charge in [-0.15, -0.1) is 0 Å². The number of halogens is 3. The average molecular weight is 273 g/mol. The molecule has 0 aromatic heterocycles. The van der Waals surface area contributed by atoms with Crippen molar-refractivity contribution in [2.45, 2.75) is 43.8 Å². The lowest BCUT2D eigenvalue weighted by Crippen LogP contribution is -2.57. The molecule has 0 bridgehead atoms. The van der Waals surface area contributed by atoms with Crippen molar-refractivity contribution in [1.82, 2.24) is 0 Å². The zero-order chi connectivity index (χ0) is 14.3. The van der Waals surface area contributed by atoms with E-state index in [2.05, 4.69) is 0 Å². The van der Waals surface area contributed by atoms with Gasteiger partial charge in [-0.2, -0.15) is 0 Å². The molecule has 0 amide bonds. The van der Waals surface area contributed by atoms with Gasteiger partial charge in [0, 0.05) is 12.0 Å². The Balaban J connectivity index is 2.45. The number of rotatable bonds is 2. The summed E-state index contributed by atoms with van der Waals surface area (Å²) in [4.78, 5) is 0. The highest BCUT2D eigenvalue weighted by Gasteiger charge is 2.55. The number of aliphatic hydroxyl groups is 1. The zero-order valence-electron chi connectivity index (χ0n) is 10.7. The summed E-state index contributed by atoms with van der Waals surface area (Å²) in [6.07, 6.45) is -1.03. The van der Waals surface area contributed by atoms with Gasteiger partial charge in [0.25, 0.3) is 5.92 Å². The van der Waals surface area contributed by atoms with Gasteiger partial charge < -0.3 is 10.8 Å². The molecule has 1 aromatic carbocycles. The Bertz CT molecular complexity index is 462. The van der Waals surface area contributed by atoms with Gasteiger partial charge in [-0.1, -0.05) is 18.2 Å². The molecular formula is C14H18F3NO. The number of hydrogen-bond acceptors (Lipinski definition) is 2. The minimum absolute atomic E-state index is 0.0145. The van der Waals surface area contributed by atoms with E-state index < -0.39 is 29.3 Å². The number of alkyl halides is 2. The van der Waals surface area contributed by atoms with Gasteiger partial charge in [0.2, 0.25) is 0 Å². The van der Waals surface area contributed by atoms with Crippen LogP contribution in [-0.2, 0) is 5.54 Å². The summed E-state index contributed by atoms with van der Waals surface area (Å²) in [5, 5.41) is 9.91. The molecule has 106 valence electrons. The van der Waals surface area contributed by atoms with E-state index in [4.69, 9.17) is 5.73 Å². The zero-order valence-corrected chi connectivity index (χ0v) is 10.7. The molecule has 1 fully saturated rings. The molecule has 2 rings (SSSR count). The first-order chi connectivity index (χ1) is 8.77. The molecule has 3 atom stereocenters. The molecule has 0 spiro atoms. The van der Waals surface area contributed by atoms with Crippen molar-refractivity contribution in [1.29, 1.82) is 0 Å². The second-order valence-corrected chi connectivity index (χ2v) is 5.46. The Morgan fingerprint density at radius 2 is 2.00 bits per heavy atom. The Morgan fingerprint density at radius 3 is 2.58 bits per heavy atom. The Kier molecular flexibility index (Phi) is 3.62. The van der Waals surface area contributed by atoms with Crippen LogP contribution in [0.3, 0.4) is 0 Å². The molecule has 2 nitrogen and oxygen atoms in total. The van der Waals surface area contributed by atoms with Crippen LogP contribution in [0.5, 0.6) is 0 Å². The third-order valence-corrected chi connectivity index (χ3v) is 3.95. The lowest BCUT2D eigenvalue weighted by molar-refractivity contribution is -0.159. The first-order valence-electron chi connectivity index (χ1n) is 6.36. The van der Waals surface area contributed by atoms with E-state index in [1.54, 1.807) is 6.07 Å². The lowest BCUT2D eigenvalue weighted by Gasteiger charge is -2.44. The Labute approximate surface area is 110 Å². The molecule has 0 heterocycles. The highest BCUT2D eigenvalue weighted by atomic mass is 19.3. The molecule has 1 aromatic rings. The minimum Gasteiger partial charge on any atom is -0.393 e. The minimum atomic E-state index is -3.09. The van der Waals surface area contributed by atoms with Crippen LogP contribution in [0.2, 0.25) is 0 Å². The lowest BCUT2D eigenvalue weighted by atomic mass is 9.69. The fourth-order valence-electron chi connectivity index (χ4n) is 3.05. The summed E-state index contributed by atoms with van der Waals surface area (Å²) in [5.74, 6) is -5.20. The smallest absolute Gasteiger partial charge is 0.255 e. The molecule has 0 radical (unpaired) electrons. The summed E-state index contributed by atoms with van der Waals surface area (Å²) in [7, 11) is 0. The van der Waals surface area contributed by atoms with Crippen molar-refractivity contribution in [3.63, 3.8) is 0 Å². The van der Waals surface area contributed by atoms with Gasteiger partial charge in [-0.25, -0.2) is 13.2 Å². The van der Waals surface area contributed by atoms with Crippen molar-refractivity contribution in [2.75, 3.05) is 0 Å². The highest BCUT2D eigenvalue weighted by Crippen LogP contribution is 2.47. The van der Waals surface area contributed by atoms with Crippen LogP contribution in [-0.4, -0.2) is 17.1 Å². The molecule has 19 heavy (non-hydrogen) atoms. The van der Waals surface area contributed by atoms with Crippen molar-refractivity contribution >= 4 is 0 Å². The Morgan fingerprint density at radius 1 is 1.37 bits per heavy atom. The van der Waals surface area contributed by atoms with Crippen LogP contribution in [0.25, 0.3) is 0 Å². The summed E-state index contributed by atoms with van der Waals surface area (Å²) in [6, 6.07) is 5.61. The molecule has 3 unspecified atom stereocenters. The topological polar surface area (TPSA) is 46.2 Å². The van der Waals surface area contributed by atoms with Crippen LogP contribution < -0.4 is 5.73 Å². The van der Waals surface area contributed by atoms with Gasteiger partial charge in [0.05, 0.1) is 17.6 Å². The highest BCUT2D eigenvalue weighted by molar-refractivity contribution is 5.27. The fraction of sp³-hybridized carbons (Fsp3) is 0.571. The number of nitrogens with two attached hydrogens (primary N) is 1. The van der Waals surface area contributed by atoms with Crippen molar-refractivity contribution in [2.24, 2.45) is 11.7 Å². The standard InChI is InChI=1S/C14H18F3NO/c1-13(18,9-5-2-3-6-10(9)15)12-11(19)7-4-8-14(12,16)17/h2-3,5-6,11-12,19H,4,7-8,18H2,1H3. The molecular weight excluding hydrogens is 255 g/mol. The molecule has 0 aliphatic heterocycles. The third kappa shape index (κ3) is 2.49. The van der Waals surface area contributed by atoms with Gasteiger partial charge in [0.1, 0.15) is 5.82 Å². The van der Waals surface area contributed by atoms with Crippen molar-refractivity contribution in [3.8, 4) is 0 Å². The molecule has 0 saturated heterocycles. The van der Waals surface area contributed by atoms with Gasteiger partial charge in [-0.3, -0.25) is 0 Å². The number of hydrogen-bond donors (Lipinski definition) is 2. The summed E-state index contributed by atoms with van der Waals surface area (Å²) in [6.45, 7) is 1.36. The van der Waals surface area contributed by atoms with Gasteiger partial charge in [0.15, 0.2) is 0 Å². The number of benzene rings is 1. The summed E-state index contributed by atoms with van der Waals surface area (Å²) < 4.78 is 42.0. The maximum absolute atomic E-state index is 14.1. The second kappa shape index (κ2) is 4.80. The summed E-state index contributed by atoms with van der Waals surface area (Å²) >= 11 is 0. The molecule has 1 saturated carbocycles. The van der Waals surface area contributed by atoms with E-state index in [-0.39, 0.29) is 24.8 Å². The first-order valence-corrected chi connectivity index (χ1v) is 6.36. The van der Waals surface area contributed by atoms with Crippen molar-refractivity contribution < 1.29 is 18.3 Å². The Hall–Kier alpha value is -1.07. The van der Waals surface area contributed by atoms with E-state index in [1.165, 1.54) is 25.1 Å². The number of aliphatic hydroxyl groups excluding tert-OH is 1. The van der Waals surface area contributed by atoms with Crippen LogP contribution in [0, 0.1) is 11.7 Å². The summed E-state index contributed by atoms with van der Waals surface area (Å²) in [5.41, 5.74) is 4.40. The predicted octanol–water partition coefficient (Wildman–Crippen LogP) is 2.80. The van der Waals surface area contributed by atoms with Crippen LogP contribution in [0.1, 0.15) is 31.7 Å². The van der Waals surface area contributed by atoms with E-state index in [1.807, 2.05) is 0 Å². The van der Waals surface area contributed by atoms with E-state index in [9.17, 15) is 18.3 Å². The van der Waals surface area contributed by atoms with Crippen LogP contribution in [0.4, 0.5) is 13.2 Å². The average Bonchev–Trinajstić information content (AvgIpc) is 2.27. The van der Waals surface area contributed by atoms with Gasteiger partial charge >= 0.3 is 0 Å². The normalized spacial score (nSPS) is 29.8. The third-order valence-electron chi connectivity index (χ3n) is 3.95. The molecule has 1 aliphatic rings. The van der Waals surface area contributed by atoms with E-state index in [0.717, 1.165) is 0 Å². The molecule has 1 aliphatic carbocycles. The molecule has 5 heteroatoms. The van der Waals surface area contributed by atoms with Crippen LogP contribution in [0.15, 0.2) is 24.3 Å². The predicted molar refractivity (Wildman–Crippen MR) is 66.2 cm³/mol. The fourth-order valence-corrected chi connectivity index (χ4v) is 3.05. The van der Waals surface area contributed by atoms with E-state index in [0.29, 0.717) is 0 Å². The van der Waals surface area contributed by atoms with Crippen LogP contribution >= 0.6 is 0 Å². The largest absolute Gasteiger partial charge is 0.393 e. The SMILES string of the molecule is CC(N)(c1ccccc1F)C1C(O)CCCC1(F)F. The van der Waals surface area contributed by atoms with Crippen molar-refractivity contribution in [3.05, 3.63) is 35.6 Å². The van der Waals surface area contributed by atoms with Gasteiger partial charge in [-0.05, 0) is 25.8 Å². The second-order valence-electron chi connectivity index (χ2n) is 5.46. The first kappa shape index (κ1) is 14.3. The molecule has 3 N–H and O–H groups in total. The maximum atomic E-state index is 14.1. The van der Waals surface area contributed by atoms with E-state index >= 15 is 0 Å².